The van der Waals surface area contributed by atoms with Gasteiger partial charge in [0.15, 0.2) is 6.17 Å². The standard InChI is InChI=1S/C32H33F9O/c1-16-2-4-17(5-3-16)18-6-8-22(24(33)10-18)19-7-9-23(25(34)11-19)20-12-26(35)30(27(36)13-20)32(40,41)42-21-14-28(37)31(39)29(38)15-21/h7,9-12,14,16-18,21-22,27,29,31H,2-6,8,13,15H2,1H3. The lowest BCUT2D eigenvalue weighted by molar-refractivity contribution is -0.236. The predicted molar refractivity (Wildman–Crippen MR) is 141 cm³/mol. The Kier molecular flexibility index (Phi) is 9.03. The maximum atomic E-state index is 15.2. The summed E-state index contributed by atoms with van der Waals surface area (Å²) in [4.78, 5) is 0. The number of hydrogen-bond donors (Lipinski definition) is 0. The summed E-state index contributed by atoms with van der Waals surface area (Å²) in [6.07, 6.45) is -7.93. The molecule has 1 nitrogen and oxygen atoms in total. The molecule has 0 aliphatic heterocycles. The van der Waals surface area contributed by atoms with Crippen molar-refractivity contribution in [3.05, 3.63) is 76.4 Å². The van der Waals surface area contributed by atoms with Gasteiger partial charge in [0.1, 0.15) is 35.6 Å². The van der Waals surface area contributed by atoms with E-state index < -0.39 is 72.5 Å². The second-order valence-electron chi connectivity index (χ2n) is 12.1. The summed E-state index contributed by atoms with van der Waals surface area (Å²) in [6.45, 7) is 2.22. The zero-order valence-corrected chi connectivity index (χ0v) is 23.0. The normalized spacial score (nSPS) is 34.6. The smallest absolute Gasteiger partial charge is 0.309 e. The lowest BCUT2D eigenvalue weighted by Gasteiger charge is -2.34. The van der Waals surface area contributed by atoms with Crippen molar-refractivity contribution in [3.63, 3.8) is 0 Å². The Morgan fingerprint density at radius 3 is 2.19 bits per heavy atom. The van der Waals surface area contributed by atoms with Crippen LogP contribution in [0.5, 0.6) is 0 Å². The van der Waals surface area contributed by atoms with E-state index in [0.29, 0.717) is 36.0 Å². The summed E-state index contributed by atoms with van der Waals surface area (Å²) in [6, 6.07) is 3.83. The second kappa shape index (κ2) is 12.2. The molecule has 0 spiro atoms. The molecule has 6 unspecified atom stereocenters. The van der Waals surface area contributed by atoms with Gasteiger partial charge in [0.25, 0.3) is 0 Å². The Morgan fingerprint density at radius 2 is 1.57 bits per heavy atom. The van der Waals surface area contributed by atoms with Gasteiger partial charge in [0.2, 0.25) is 0 Å². The van der Waals surface area contributed by atoms with E-state index in [1.807, 2.05) is 0 Å². The predicted octanol–water partition coefficient (Wildman–Crippen LogP) is 10.3. The number of alkyl halides is 5. The molecule has 4 aliphatic rings. The average molecular weight is 605 g/mol. The number of rotatable bonds is 6. The summed E-state index contributed by atoms with van der Waals surface area (Å²) in [7, 11) is 0. The first-order chi connectivity index (χ1) is 19.8. The molecule has 0 aromatic heterocycles. The van der Waals surface area contributed by atoms with Gasteiger partial charge >= 0.3 is 6.11 Å². The molecule has 1 saturated carbocycles. The fourth-order valence-corrected chi connectivity index (χ4v) is 6.75. The molecule has 42 heavy (non-hydrogen) atoms. The third-order valence-electron chi connectivity index (χ3n) is 9.17. The molecule has 0 radical (unpaired) electrons. The minimum absolute atomic E-state index is 0.144. The van der Waals surface area contributed by atoms with Gasteiger partial charge in [0, 0.05) is 24.3 Å². The molecule has 1 aromatic carbocycles. The SMILES string of the molecule is CC1CCC(C2C=C(F)C(c3ccc(C4=CC(F)=C(C(F)(F)OC5C=C(F)C(F)C(F)C5)C(F)C4)c(F)c3)CC2)CC1. The highest BCUT2D eigenvalue weighted by atomic mass is 19.3. The zero-order chi connectivity index (χ0) is 30.3. The van der Waals surface area contributed by atoms with Crippen molar-refractivity contribution < 1.29 is 44.3 Å². The molecule has 1 fully saturated rings. The van der Waals surface area contributed by atoms with Crippen LogP contribution < -0.4 is 0 Å². The fraction of sp³-hybridized carbons (Fsp3) is 0.562. The van der Waals surface area contributed by atoms with Crippen molar-refractivity contribution >= 4 is 5.57 Å². The maximum Gasteiger partial charge on any atom is 0.385 e. The molecule has 230 valence electrons. The monoisotopic (exact) mass is 604 g/mol. The van der Waals surface area contributed by atoms with Crippen LogP contribution in [0.15, 0.2) is 59.5 Å². The van der Waals surface area contributed by atoms with Gasteiger partial charge in [-0.05, 0) is 78.9 Å². The molecule has 0 N–H and O–H groups in total. The van der Waals surface area contributed by atoms with Crippen molar-refractivity contribution in [2.75, 3.05) is 0 Å². The molecule has 5 rings (SSSR count). The highest BCUT2D eigenvalue weighted by Crippen LogP contribution is 2.46. The highest BCUT2D eigenvalue weighted by molar-refractivity contribution is 5.71. The lowest BCUT2D eigenvalue weighted by atomic mass is 9.71. The number of allylic oxidation sites excluding steroid dienone is 6. The maximum absolute atomic E-state index is 15.2. The van der Waals surface area contributed by atoms with E-state index in [4.69, 9.17) is 0 Å². The molecule has 10 heteroatoms. The van der Waals surface area contributed by atoms with E-state index in [-0.39, 0.29) is 22.9 Å². The fourth-order valence-electron chi connectivity index (χ4n) is 6.75. The van der Waals surface area contributed by atoms with Crippen LogP contribution in [0.25, 0.3) is 5.57 Å². The van der Waals surface area contributed by atoms with E-state index in [2.05, 4.69) is 11.7 Å². The highest BCUT2D eigenvalue weighted by Gasteiger charge is 2.48. The molecule has 0 saturated heterocycles. The average Bonchev–Trinajstić information content (AvgIpc) is 2.91. The van der Waals surface area contributed by atoms with Gasteiger partial charge in [-0.25, -0.2) is 30.7 Å². The largest absolute Gasteiger partial charge is 0.385 e. The van der Waals surface area contributed by atoms with E-state index in [0.717, 1.165) is 38.2 Å². The first kappa shape index (κ1) is 31.0. The van der Waals surface area contributed by atoms with Crippen molar-refractivity contribution in [3.8, 4) is 0 Å². The third kappa shape index (κ3) is 6.38. The first-order valence-electron chi connectivity index (χ1n) is 14.5. The van der Waals surface area contributed by atoms with Gasteiger partial charge in [-0.15, -0.1) is 0 Å². The Bertz CT molecular complexity index is 1290. The van der Waals surface area contributed by atoms with Crippen LogP contribution >= 0.6 is 0 Å². The van der Waals surface area contributed by atoms with E-state index in [9.17, 15) is 30.7 Å². The van der Waals surface area contributed by atoms with E-state index in [1.165, 1.54) is 12.1 Å². The van der Waals surface area contributed by atoms with Crippen LogP contribution in [-0.4, -0.2) is 30.7 Å². The van der Waals surface area contributed by atoms with Crippen LogP contribution in [0, 0.1) is 23.6 Å². The molecular formula is C32H33F9O. The number of halogens is 9. The molecule has 0 amide bonds. The van der Waals surface area contributed by atoms with E-state index >= 15 is 8.78 Å². The lowest BCUT2D eigenvalue weighted by Crippen LogP contribution is -2.38. The van der Waals surface area contributed by atoms with Gasteiger partial charge in [-0.2, -0.15) is 8.78 Å². The molecule has 1 aromatic rings. The number of hydrogen-bond acceptors (Lipinski definition) is 1. The summed E-state index contributed by atoms with van der Waals surface area (Å²) in [5.74, 6) is -3.95. The molecule has 4 aliphatic carbocycles. The van der Waals surface area contributed by atoms with Crippen molar-refractivity contribution in [1.82, 2.24) is 0 Å². The van der Waals surface area contributed by atoms with Crippen LogP contribution in [0.1, 0.15) is 75.3 Å². The van der Waals surface area contributed by atoms with Crippen molar-refractivity contribution in [2.24, 2.45) is 17.8 Å². The Hall–Kier alpha value is -2.49. The van der Waals surface area contributed by atoms with Gasteiger partial charge in [-0.1, -0.05) is 31.9 Å². The molecule has 0 heterocycles. The summed E-state index contributed by atoms with van der Waals surface area (Å²) < 4.78 is 134. The van der Waals surface area contributed by atoms with Crippen LogP contribution in [0.2, 0.25) is 0 Å². The molecule has 6 atom stereocenters. The van der Waals surface area contributed by atoms with Crippen LogP contribution in [0.4, 0.5) is 39.5 Å². The van der Waals surface area contributed by atoms with Gasteiger partial charge in [0.05, 0.1) is 11.7 Å². The zero-order valence-electron chi connectivity index (χ0n) is 23.0. The molecular weight excluding hydrogens is 571 g/mol. The summed E-state index contributed by atoms with van der Waals surface area (Å²) in [5.41, 5.74) is -1.78. The van der Waals surface area contributed by atoms with Crippen molar-refractivity contribution in [2.45, 2.75) is 94.9 Å². The molecule has 0 bridgehead atoms. The van der Waals surface area contributed by atoms with E-state index in [1.54, 1.807) is 6.08 Å². The van der Waals surface area contributed by atoms with Gasteiger partial charge < -0.3 is 4.74 Å². The van der Waals surface area contributed by atoms with Crippen LogP contribution in [0.3, 0.4) is 0 Å². The third-order valence-corrected chi connectivity index (χ3v) is 9.17. The summed E-state index contributed by atoms with van der Waals surface area (Å²) >= 11 is 0. The number of benzene rings is 1. The Morgan fingerprint density at radius 1 is 0.857 bits per heavy atom. The van der Waals surface area contributed by atoms with Gasteiger partial charge in [-0.3, -0.25) is 0 Å². The Balaban J connectivity index is 1.32. The summed E-state index contributed by atoms with van der Waals surface area (Å²) in [5, 5.41) is 0. The first-order valence-corrected chi connectivity index (χ1v) is 14.5. The minimum atomic E-state index is -4.61. The number of ether oxygens (including phenoxy) is 1. The quantitative estimate of drug-likeness (QED) is 0.294. The van der Waals surface area contributed by atoms with Crippen LogP contribution in [-0.2, 0) is 4.74 Å². The second-order valence-corrected chi connectivity index (χ2v) is 12.1. The Labute approximate surface area is 239 Å². The topological polar surface area (TPSA) is 9.23 Å². The van der Waals surface area contributed by atoms with Crippen molar-refractivity contribution in [1.29, 1.82) is 0 Å². The minimum Gasteiger partial charge on any atom is -0.309 e.